The zero-order chi connectivity index (χ0) is 12.1. The average Bonchev–Trinajstić information content (AvgIpc) is 2.25. The lowest BCUT2D eigenvalue weighted by Gasteiger charge is -1.97. The van der Waals surface area contributed by atoms with Crippen LogP contribution in [0, 0.1) is 20.2 Å². The van der Waals surface area contributed by atoms with Gasteiger partial charge < -0.3 is 5.11 Å². The lowest BCUT2D eigenvalue weighted by atomic mass is 10.1. The van der Waals surface area contributed by atoms with Crippen molar-refractivity contribution in [3.63, 3.8) is 0 Å². The van der Waals surface area contributed by atoms with Gasteiger partial charge in [-0.25, -0.2) is 0 Å². The van der Waals surface area contributed by atoms with Crippen molar-refractivity contribution < 1.29 is 15.0 Å². The van der Waals surface area contributed by atoms with E-state index in [9.17, 15) is 20.2 Å². The summed E-state index contributed by atoms with van der Waals surface area (Å²) in [7, 11) is 0. The summed E-state index contributed by atoms with van der Waals surface area (Å²) in [5.74, 6) is 0. The van der Waals surface area contributed by atoms with E-state index in [2.05, 4.69) is 0 Å². The van der Waals surface area contributed by atoms with E-state index in [0.29, 0.717) is 0 Å². The van der Waals surface area contributed by atoms with Crippen LogP contribution in [-0.4, -0.2) is 21.6 Å². The number of nitrogens with zero attached hydrogens (tertiary/aromatic N) is 2. The molecule has 0 amide bonds. The fraction of sp³-hybridized carbons (Fsp3) is 0.111. The Balaban J connectivity index is 3.23. The standard InChI is InChI=1S/C9H8N2O5/c12-6-8(10(13)14)5-7-3-1-2-4-9(7)11(15)16/h1-5,12H,6H2. The molecule has 0 atom stereocenters. The van der Waals surface area contributed by atoms with Crippen LogP contribution in [0.25, 0.3) is 6.08 Å². The highest BCUT2D eigenvalue weighted by Crippen LogP contribution is 2.20. The monoisotopic (exact) mass is 224 g/mol. The van der Waals surface area contributed by atoms with E-state index in [1.54, 1.807) is 0 Å². The summed E-state index contributed by atoms with van der Waals surface area (Å²) < 4.78 is 0. The van der Waals surface area contributed by atoms with Gasteiger partial charge in [0.15, 0.2) is 0 Å². The number of aliphatic hydroxyl groups is 1. The molecule has 0 spiro atoms. The SMILES string of the molecule is O=[N+]([O-])C(=Cc1ccccc1[N+](=O)[O-])CO. The number of aliphatic hydroxyl groups excluding tert-OH is 1. The summed E-state index contributed by atoms with van der Waals surface area (Å²) in [5, 5.41) is 29.7. The van der Waals surface area contributed by atoms with Crippen LogP contribution in [0.15, 0.2) is 30.0 Å². The highest BCUT2D eigenvalue weighted by atomic mass is 16.6. The van der Waals surface area contributed by atoms with Crippen molar-refractivity contribution in [1.82, 2.24) is 0 Å². The predicted octanol–water partition coefficient (Wildman–Crippen LogP) is 1.20. The van der Waals surface area contributed by atoms with Crippen LogP contribution in [-0.2, 0) is 0 Å². The molecule has 1 rings (SSSR count). The van der Waals surface area contributed by atoms with Gasteiger partial charge in [0.25, 0.3) is 11.4 Å². The first-order valence-corrected chi connectivity index (χ1v) is 4.25. The highest BCUT2D eigenvalue weighted by molar-refractivity contribution is 5.61. The van der Waals surface area contributed by atoms with E-state index in [4.69, 9.17) is 5.11 Å². The third-order valence-corrected chi connectivity index (χ3v) is 1.85. The van der Waals surface area contributed by atoms with Crippen molar-refractivity contribution in [1.29, 1.82) is 0 Å². The summed E-state index contributed by atoms with van der Waals surface area (Å²) in [5.41, 5.74) is -0.641. The van der Waals surface area contributed by atoms with E-state index in [0.717, 1.165) is 6.08 Å². The van der Waals surface area contributed by atoms with Crippen molar-refractivity contribution in [2.75, 3.05) is 6.61 Å². The molecule has 1 aromatic rings. The molecule has 0 aliphatic rings. The molecule has 0 unspecified atom stereocenters. The van der Waals surface area contributed by atoms with Crippen LogP contribution in [0.3, 0.4) is 0 Å². The van der Waals surface area contributed by atoms with Gasteiger partial charge in [0, 0.05) is 12.1 Å². The second-order valence-corrected chi connectivity index (χ2v) is 2.87. The molecule has 0 radical (unpaired) electrons. The fourth-order valence-corrected chi connectivity index (χ4v) is 1.11. The number of benzene rings is 1. The van der Waals surface area contributed by atoms with Crippen LogP contribution in [0.1, 0.15) is 5.56 Å². The zero-order valence-corrected chi connectivity index (χ0v) is 8.07. The van der Waals surface area contributed by atoms with Gasteiger partial charge in [0.1, 0.15) is 6.61 Å². The largest absolute Gasteiger partial charge is 0.385 e. The van der Waals surface area contributed by atoms with Crippen LogP contribution < -0.4 is 0 Å². The van der Waals surface area contributed by atoms with Gasteiger partial charge in [0.05, 0.1) is 15.4 Å². The Morgan fingerprint density at radius 3 is 2.44 bits per heavy atom. The molecule has 0 fully saturated rings. The molecule has 0 aliphatic carbocycles. The molecular formula is C9H8N2O5. The fourth-order valence-electron chi connectivity index (χ4n) is 1.11. The molecule has 7 nitrogen and oxygen atoms in total. The molecule has 16 heavy (non-hydrogen) atoms. The van der Waals surface area contributed by atoms with E-state index >= 15 is 0 Å². The van der Waals surface area contributed by atoms with Crippen LogP contribution in [0.5, 0.6) is 0 Å². The van der Waals surface area contributed by atoms with Gasteiger partial charge in [-0.05, 0) is 6.07 Å². The van der Waals surface area contributed by atoms with Crippen LogP contribution in [0.4, 0.5) is 5.69 Å². The van der Waals surface area contributed by atoms with Crippen molar-refractivity contribution in [2.24, 2.45) is 0 Å². The summed E-state index contributed by atoms with van der Waals surface area (Å²) >= 11 is 0. The average molecular weight is 224 g/mol. The summed E-state index contributed by atoms with van der Waals surface area (Å²) in [6, 6.07) is 5.59. The van der Waals surface area contributed by atoms with E-state index in [1.807, 2.05) is 0 Å². The quantitative estimate of drug-likeness (QED) is 0.610. The number of para-hydroxylation sites is 1. The molecule has 1 N–H and O–H groups in total. The first kappa shape index (κ1) is 11.8. The van der Waals surface area contributed by atoms with Crippen molar-refractivity contribution in [3.8, 4) is 0 Å². The lowest BCUT2D eigenvalue weighted by molar-refractivity contribution is -0.428. The summed E-state index contributed by atoms with van der Waals surface area (Å²) in [4.78, 5) is 19.6. The van der Waals surface area contributed by atoms with Crippen LogP contribution in [0.2, 0.25) is 0 Å². The molecule has 0 aromatic heterocycles. The molecule has 0 saturated heterocycles. The molecule has 7 heteroatoms. The Hall–Kier alpha value is -2.28. The zero-order valence-electron chi connectivity index (χ0n) is 8.07. The predicted molar refractivity (Wildman–Crippen MR) is 55.2 cm³/mol. The third-order valence-electron chi connectivity index (χ3n) is 1.85. The summed E-state index contributed by atoms with van der Waals surface area (Å²) in [6.07, 6.45) is 0.984. The topological polar surface area (TPSA) is 107 Å². The molecule has 0 aliphatic heterocycles. The molecular weight excluding hydrogens is 216 g/mol. The van der Waals surface area contributed by atoms with Gasteiger partial charge >= 0.3 is 0 Å². The highest BCUT2D eigenvalue weighted by Gasteiger charge is 2.15. The van der Waals surface area contributed by atoms with Gasteiger partial charge in [-0.15, -0.1) is 0 Å². The Morgan fingerprint density at radius 1 is 1.31 bits per heavy atom. The first-order chi connectivity index (χ1) is 7.56. The summed E-state index contributed by atoms with van der Waals surface area (Å²) in [6.45, 7) is -0.779. The maximum atomic E-state index is 10.6. The van der Waals surface area contributed by atoms with E-state index < -0.39 is 22.2 Å². The molecule has 0 saturated carbocycles. The maximum Gasteiger partial charge on any atom is 0.276 e. The third kappa shape index (κ3) is 2.61. The Kier molecular flexibility index (Phi) is 3.67. The van der Waals surface area contributed by atoms with Gasteiger partial charge in [-0.2, -0.15) is 0 Å². The van der Waals surface area contributed by atoms with Crippen LogP contribution >= 0.6 is 0 Å². The maximum absolute atomic E-state index is 10.6. The first-order valence-electron chi connectivity index (χ1n) is 4.25. The number of nitro benzene ring substituents is 1. The normalized spacial score (nSPS) is 11.2. The van der Waals surface area contributed by atoms with E-state index in [-0.39, 0.29) is 11.3 Å². The molecule has 0 bridgehead atoms. The lowest BCUT2D eigenvalue weighted by Crippen LogP contribution is -2.03. The number of nitro groups is 2. The Bertz CT molecular complexity index is 455. The van der Waals surface area contributed by atoms with Gasteiger partial charge in [-0.1, -0.05) is 12.1 Å². The molecule has 84 valence electrons. The number of hydrogen-bond donors (Lipinski definition) is 1. The number of hydrogen-bond acceptors (Lipinski definition) is 5. The minimum absolute atomic E-state index is 0.0910. The smallest absolute Gasteiger partial charge is 0.276 e. The Labute approximate surface area is 89.9 Å². The van der Waals surface area contributed by atoms with Crippen molar-refractivity contribution in [3.05, 3.63) is 55.8 Å². The second kappa shape index (κ2) is 4.99. The Morgan fingerprint density at radius 2 is 1.94 bits per heavy atom. The minimum Gasteiger partial charge on any atom is -0.385 e. The second-order valence-electron chi connectivity index (χ2n) is 2.87. The number of rotatable bonds is 4. The minimum atomic E-state index is -0.781. The molecule has 0 heterocycles. The van der Waals surface area contributed by atoms with Crippen molar-refractivity contribution >= 4 is 11.8 Å². The van der Waals surface area contributed by atoms with E-state index in [1.165, 1.54) is 24.3 Å². The van der Waals surface area contributed by atoms with Crippen molar-refractivity contribution in [2.45, 2.75) is 0 Å². The van der Waals surface area contributed by atoms with Gasteiger partial charge in [0.2, 0.25) is 0 Å². The van der Waals surface area contributed by atoms with Gasteiger partial charge in [-0.3, -0.25) is 20.2 Å². The molecule has 1 aromatic carbocycles.